The van der Waals surface area contributed by atoms with Gasteiger partial charge in [-0.15, -0.1) is 0 Å². The number of carbonyl (C=O) groups is 1. The molecule has 1 fully saturated rings. The lowest BCUT2D eigenvalue weighted by Gasteiger charge is -2.17. The number of amides is 1. The highest BCUT2D eigenvalue weighted by molar-refractivity contribution is 5.91. The van der Waals surface area contributed by atoms with Crippen LogP contribution in [-0.2, 0) is 16.8 Å². The Labute approximate surface area is 150 Å². The van der Waals surface area contributed by atoms with Crippen LogP contribution in [0.2, 0.25) is 0 Å². The molecule has 7 heteroatoms. The molecule has 1 aliphatic rings. The Morgan fingerprint density at radius 1 is 1.31 bits per heavy atom. The molecular formula is C19H18FN3O3. The zero-order valence-electron chi connectivity index (χ0n) is 14.5. The molecule has 1 aliphatic carbocycles. The molecule has 6 nitrogen and oxygen atoms in total. The molecule has 0 atom stereocenters. The van der Waals surface area contributed by atoms with Gasteiger partial charge >= 0.3 is 0 Å². The lowest BCUT2D eigenvalue weighted by Crippen LogP contribution is -2.34. The standard InChI is InChI=1S/C19H18FN3O3/c1-25-16-4-3-13(17(23-16)26-2)11-22-18(24)19(5-6-19)14-7-12(10-21)8-15(20)9-14/h3-4,7-9H,5-6,11H2,1-2H3,(H,22,24). The van der Waals surface area contributed by atoms with E-state index in [1.165, 1.54) is 20.3 Å². The highest BCUT2D eigenvalue weighted by atomic mass is 19.1. The number of hydrogen-bond donors (Lipinski definition) is 1. The number of hydrogen-bond acceptors (Lipinski definition) is 5. The number of nitrogens with zero attached hydrogens (tertiary/aromatic N) is 2. The number of benzene rings is 1. The van der Waals surface area contributed by atoms with E-state index in [1.807, 2.05) is 6.07 Å². The van der Waals surface area contributed by atoms with Gasteiger partial charge < -0.3 is 14.8 Å². The van der Waals surface area contributed by atoms with Crippen molar-refractivity contribution in [3.63, 3.8) is 0 Å². The fraction of sp³-hybridized carbons (Fsp3) is 0.316. The molecule has 0 spiro atoms. The van der Waals surface area contributed by atoms with E-state index in [9.17, 15) is 9.18 Å². The topological polar surface area (TPSA) is 84.2 Å². The van der Waals surface area contributed by atoms with Crippen LogP contribution in [0.25, 0.3) is 0 Å². The van der Waals surface area contributed by atoms with Crippen LogP contribution in [0, 0.1) is 17.1 Å². The quantitative estimate of drug-likeness (QED) is 0.860. The Morgan fingerprint density at radius 3 is 2.69 bits per heavy atom. The fourth-order valence-corrected chi connectivity index (χ4v) is 2.92. The molecule has 0 unspecified atom stereocenters. The van der Waals surface area contributed by atoms with Gasteiger partial charge in [-0.3, -0.25) is 4.79 Å². The molecule has 0 radical (unpaired) electrons. The summed E-state index contributed by atoms with van der Waals surface area (Å²) in [5, 5.41) is 11.9. The molecule has 1 N–H and O–H groups in total. The highest BCUT2D eigenvalue weighted by Gasteiger charge is 2.51. The minimum atomic E-state index is -0.777. The summed E-state index contributed by atoms with van der Waals surface area (Å²) >= 11 is 0. The van der Waals surface area contributed by atoms with Gasteiger partial charge in [0.2, 0.25) is 17.7 Å². The Hall–Kier alpha value is -3.14. The van der Waals surface area contributed by atoms with Crippen molar-refractivity contribution in [1.29, 1.82) is 5.26 Å². The van der Waals surface area contributed by atoms with Crippen molar-refractivity contribution in [3.05, 3.63) is 52.8 Å². The van der Waals surface area contributed by atoms with E-state index in [4.69, 9.17) is 14.7 Å². The molecule has 1 amide bonds. The van der Waals surface area contributed by atoms with Gasteiger partial charge in [-0.05, 0) is 42.7 Å². The summed E-state index contributed by atoms with van der Waals surface area (Å²) in [5.74, 6) is 0.0652. The largest absolute Gasteiger partial charge is 0.481 e. The number of nitriles is 1. The van der Waals surface area contributed by atoms with Crippen LogP contribution in [0.15, 0.2) is 30.3 Å². The average Bonchev–Trinajstić information content (AvgIpc) is 3.47. The van der Waals surface area contributed by atoms with Crippen molar-refractivity contribution in [1.82, 2.24) is 10.3 Å². The first-order valence-electron chi connectivity index (χ1n) is 8.10. The first kappa shape index (κ1) is 17.7. The van der Waals surface area contributed by atoms with Crippen LogP contribution in [0.5, 0.6) is 11.8 Å². The van der Waals surface area contributed by atoms with E-state index in [1.54, 1.807) is 18.2 Å². The van der Waals surface area contributed by atoms with Crippen LogP contribution in [0.4, 0.5) is 4.39 Å². The van der Waals surface area contributed by atoms with Gasteiger partial charge in [0.15, 0.2) is 0 Å². The van der Waals surface area contributed by atoms with Crippen molar-refractivity contribution >= 4 is 5.91 Å². The molecule has 1 saturated carbocycles. The second-order valence-electron chi connectivity index (χ2n) is 6.13. The van der Waals surface area contributed by atoms with E-state index in [-0.39, 0.29) is 18.0 Å². The van der Waals surface area contributed by atoms with Crippen LogP contribution in [-0.4, -0.2) is 25.1 Å². The highest BCUT2D eigenvalue weighted by Crippen LogP contribution is 2.48. The summed E-state index contributed by atoms with van der Waals surface area (Å²) in [4.78, 5) is 16.9. The smallest absolute Gasteiger partial charge is 0.230 e. The lowest BCUT2D eigenvalue weighted by molar-refractivity contribution is -0.123. The van der Waals surface area contributed by atoms with Crippen molar-refractivity contribution in [2.75, 3.05) is 14.2 Å². The fourth-order valence-electron chi connectivity index (χ4n) is 2.92. The summed E-state index contributed by atoms with van der Waals surface area (Å²) in [6.45, 7) is 0.223. The number of halogens is 1. The predicted octanol–water partition coefficient (Wildman–Crippen LogP) is 2.46. The Morgan fingerprint density at radius 2 is 2.08 bits per heavy atom. The number of aromatic nitrogens is 1. The number of ether oxygens (including phenoxy) is 2. The SMILES string of the molecule is COc1ccc(CNC(=O)C2(c3cc(F)cc(C#N)c3)CC2)c(OC)n1. The molecule has 2 aromatic rings. The van der Waals surface area contributed by atoms with Gasteiger partial charge in [-0.2, -0.15) is 10.2 Å². The van der Waals surface area contributed by atoms with Crippen molar-refractivity contribution < 1.29 is 18.7 Å². The monoisotopic (exact) mass is 355 g/mol. The minimum Gasteiger partial charge on any atom is -0.481 e. The first-order chi connectivity index (χ1) is 12.5. The summed E-state index contributed by atoms with van der Waals surface area (Å²) < 4.78 is 24.0. The summed E-state index contributed by atoms with van der Waals surface area (Å²) in [6, 6.07) is 9.42. The molecule has 1 heterocycles. The lowest BCUT2D eigenvalue weighted by atomic mass is 9.93. The zero-order valence-corrected chi connectivity index (χ0v) is 14.5. The molecule has 1 aromatic carbocycles. The molecule has 0 saturated heterocycles. The minimum absolute atomic E-state index is 0.204. The second-order valence-corrected chi connectivity index (χ2v) is 6.13. The third kappa shape index (κ3) is 3.31. The predicted molar refractivity (Wildman–Crippen MR) is 91.2 cm³/mol. The van der Waals surface area contributed by atoms with Gasteiger partial charge in [-0.1, -0.05) is 0 Å². The molecule has 0 aliphatic heterocycles. The first-order valence-corrected chi connectivity index (χ1v) is 8.10. The zero-order chi connectivity index (χ0) is 18.7. The molecule has 134 valence electrons. The third-order valence-electron chi connectivity index (χ3n) is 4.52. The maximum atomic E-state index is 13.7. The number of methoxy groups -OCH3 is 2. The number of nitrogens with one attached hydrogen (secondary N) is 1. The number of pyridine rings is 1. The average molecular weight is 355 g/mol. The Bertz CT molecular complexity index is 888. The third-order valence-corrected chi connectivity index (χ3v) is 4.52. The molecule has 26 heavy (non-hydrogen) atoms. The summed E-state index contributed by atoms with van der Waals surface area (Å²) in [6.07, 6.45) is 1.23. The van der Waals surface area contributed by atoms with E-state index in [0.29, 0.717) is 35.7 Å². The summed E-state index contributed by atoms with van der Waals surface area (Å²) in [5.41, 5.74) is 0.668. The van der Waals surface area contributed by atoms with Crippen molar-refractivity contribution in [2.45, 2.75) is 24.8 Å². The van der Waals surface area contributed by atoms with Crippen LogP contribution >= 0.6 is 0 Å². The van der Waals surface area contributed by atoms with E-state index in [0.717, 1.165) is 6.07 Å². The normalized spacial score (nSPS) is 14.2. The molecule has 0 bridgehead atoms. The van der Waals surface area contributed by atoms with Gasteiger partial charge in [0, 0.05) is 18.2 Å². The van der Waals surface area contributed by atoms with Gasteiger partial charge in [0.1, 0.15) is 5.82 Å². The van der Waals surface area contributed by atoms with E-state index >= 15 is 0 Å². The number of rotatable bonds is 6. The Kier molecular flexibility index (Phi) is 4.76. The second kappa shape index (κ2) is 7.00. The van der Waals surface area contributed by atoms with Crippen molar-refractivity contribution in [2.24, 2.45) is 0 Å². The maximum absolute atomic E-state index is 13.7. The molecule has 3 rings (SSSR count). The van der Waals surface area contributed by atoms with Crippen LogP contribution in [0.1, 0.15) is 29.5 Å². The summed E-state index contributed by atoms with van der Waals surface area (Å²) in [7, 11) is 3.00. The van der Waals surface area contributed by atoms with Crippen molar-refractivity contribution in [3.8, 4) is 17.8 Å². The number of carbonyl (C=O) groups excluding carboxylic acids is 1. The van der Waals surface area contributed by atoms with Gasteiger partial charge in [-0.25, -0.2) is 4.39 Å². The molecular weight excluding hydrogens is 337 g/mol. The maximum Gasteiger partial charge on any atom is 0.230 e. The Balaban J connectivity index is 1.77. The van der Waals surface area contributed by atoms with E-state index < -0.39 is 11.2 Å². The van der Waals surface area contributed by atoms with Gasteiger partial charge in [0.05, 0.1) is 31.3 Å². The van der Waals surface area contributed by atoms with E-state index in [2.05, 4.69) is 10.3 Å². The van der Waals surface area contributed by atoms with Crippen LogP contribution < -0.4 is 14.8 Å². The molecule has 1 aromatic heterocycles. The van der Waals surface area contributed by atoms with Crippen LogP contribution in [0.3, 0.4) is 0 Å². The van der Waals surface area contributed by atoms with Gasteiger partial charge in [0.25, 0.3) is 0 Å².